The number of benzene rings is 2. The average molecular weight is 517 g/mol. The normalized spacial score (nSPS) is 18.5. The number of para-hydroxylation sites is 1. The number of fused-ring (bicyclic) bond motifs is 1. The largest absolute Gasteiger partial charge is 0.351 e. The summed E-state index contributed by atoms with van der Waals surface area (Å²) in [5.41, 5.74) is 2.15. The molecule has 8 nitrogen and oxygen atoms in total. The molecule has 1 aliphatic carbocycles. The summed E-state index contributed by atoms with van der Waals surface area (Å²) in [7, 11) is 0. The van der Waals surface area contributed by atoms with Crippen molar-refractivity contribution in [1.82, 2.24) is 20.5 Å². The third-order valence-corrected chi connectivity index (χ3v) is 7.41. The number of carbonyl (C=O) groups is 4. The van der Waals surface area contributed by atoms with Gasteiger partial charge in [0.05, 0.1) is 6.04 Å². The molecule has 1 saturated carbocycles. The van der Waals surface area contributed by atoms with E-state index in [-0.39, 0.29) is 24.9 Å². The summed E-state index contributed by atoms with van der Waals surface area (Å²) in [6, 6.07) is 16.9. The van der Waals surface area contributed by atoms with Crippen LogP contribution in [0.4, 0.5) is 0 Å². The number of hydrogen-bond acceptors (Lipinski definition) is 4. The molecule has 1 heterocycles. The maximum atomic E-state index is 13.8. The van der Waals surface area contributed by atoms with Gasteiger partial charge in [-0.15, -0.1) is 0 Å². The molecule has 3 N–H and O–H groups in total. The molecule has 0 saturated heterocycles. The first-order valence-electron chi connectivity index (χ1n) is 13.3. The number of Topliss-reactive ketones (excluding diaryl/α,β-unsaturated/α-hetero) is 1. The van der Waals surface area contributed by atoms with Crippen LogP contribution in [0, 0.1) is 5.92 Å². The third-order valence-electron chi connectivity index (χ3n) is 7.41. The standard InChI is InChI=1S/C30H36N4O4/c1-4-24(27(35)29(37)31-18-21-10-6-5-7-11-21)33-28(36)20(3)34(23-15-14-19(2)16-23)30(38)26-17-22-12-8-9-13-25(22)32-26/h5-13,17,19-20,23-24,32H,4,14-16,18H2,1-3H3,(H,31,37)(H,33,36)/t19?,20-,23+,24?/m0/s1. The molecule has 1 fully saturated rings. The van der Waals surface area contributed by atoms with Crippen LogP contribution in [-0.4, -0.2) is 51.5 Å². The molecular formula is C30H36N4O4. The Hall–Kier alpha value is -3.94. The maximum absolute atomic E-state index is 13.8. The molecule has 2 unspecified atom stereocenters. The number of rotatable bonds is 10. The molecule has 3 aromatic rings. The highest BCUT2D eigenvalue weighted by Crippen LogP contribution is 2.31. The van der Waals surface area contributed by atoms with E-state index in [1.165, 1.54) is 0 Å². The van der Waals surface area contributed by atoms with E-state index in [2.05, 4.69) is 22.5 Å². The highest BCUT2D eigenvalue weighted by atomic mass is 16.2. The summed E-state index contributed by atoms with van der Waals surface area (Å²) in [6.45, 7) is 5.80. The molecule has 1 aromatic heterocycles. The second kappa shape index (κ2) is 12.1. The molecule has 200 valence electrons. The van der Waals surface area contributed by atoms with Crippen molar-refractivity contribution in [2.24, 2.45) is 5.92 Å². The topological polar surface area (TPSA) is 111 Å². The van der Waals surface area contributed by atoms with Crippen LogP contribution < -0.4 is 10.6 Å². The fourth-order valence-corrected chi connectivity index (χ4v) is 5.21. The Kier molecular flexibility index (Phi) is 8.61. The van der Waals surface area contributed by atoms with E-state index in [4.69, 9.17) is 0 Å². The molecule has 3 amide bonds. The minimum atomic E-state index is -0.978. The number of ketones is 1. The van der Waals surface area contributed by atoms with E-state index >= 15 is 0 Å². The van der Waals surface area contributed by atoms with Crippen LogP contribution in [0.25, 0.3) is 10.9 Å². The Balaban J connectivity index is 1.47. The Morgan fingerprint density at radius 1 is 1.03 bits per heavy atom. The van der Waals surface area contributed by atoms with Crippen molar-refractivity contribution < 1.29 is 19.2 Å². The predicted molar refractivity (Wildman–Crippen MR) is 146 cm³/mol. The van der Waals surface area contributed by atoms with Gasteiger partial charge in [0.25, 0.3) is 11.8 Å². The summed E-state index contributed by atoms with van der Waals surface area (Å²) in [4.78, 5) is 57.4. The first kappa shape index (κ1) is 27.1. The fraction of sp³-hybridized carbons (Fsp3) is 0.400. The molecule has 0 bridgehead atoms. The van der Waals surface area contributed by atoms with Gasteiger partial charge in [-0.05, 0) is 56.2 Å². The second-order valence-electron chi connectivity index (χ2n) is 10.2. The van der Waals surface area contributed by atoms with Gasteiger partial charge in [0.15, 0.2) is 0 Å². The first-order valence-corrected chi connectivity index (χ1v) is 13.3. The van der Waals surface area contributed by atoms with Gasteiger partial charge in [0, 0.05) is 23.5 Å². The third kappa shape index (κ3) is 6.13. The Morgan fingerprint density at radius 3 is 2.39 bits per heavy atom. The molecule has 8 heteroatoms. The monoisotopic (exact) mass is 516 g/mol. The number of nitrogens with one attached hydrogen (secondary N) is 3. The van der Waals surface area contributed by atoms with Gasteiger partial charge < -0.3 is 20.5 Å². The molecule has 1 aliphatic rings. The number of aromatic nitrogens is 1. The van der Waals surface area contributed by atoms with Gasteiger partial charge in [-0.2, -0.15) is 0 Å². The van der Waals surface area contributed by atoms with Crippen molar-refractivity contribution in [1.29, 1.82) is 0 Å². The van der Waals surface area contributed by atoms with Gasteiger partial charge in [-0.3, -0.25) is 19.2 Å². The van der Waals surface area contributed by atoms with E-state index in [0.29, 0.717) is 11.6 Å². The molecular weight excluding hydrogens is 480 g/mol. The van der Waals surface area contributed by atoms with Crippen LogP contribution >= 0.6 is 0 Å². The Bertz CT molecular complexity index is 1270. The Labute approximate surface area is 223 Å². The first-order chi connectivity index (χ1) is 18.3. The van der Waals surface area contributed by atoms with Crippen molar-refractivity contribution >= 4 is 34.4 Å². The van der Waals surface area contributed by atoms with Crippen molar-refractivity contribution in [3.8, 4) is 0 Å². The summed E-state index contributed by atoms with van der Waals surface area (Å²) in [6.07, 6.45) is 2.85. The number of H-pyrrole nitrogens is 1. The average Bonchev–Trinajstić information content (AvgIpc) is 3.56. The minimum absolute atomic E-state index is 0.0883. The fourth-order valence-electron chi connectivity index (χ4n) is 5.21. The Morgan fingerprint density at radius 2 is 1.74 bits per heavy atom. The van der Waals surface area contributed by atoms with Gasteiger partial charge in [-0.1, -0.05) is 62.4 Å². The van der Waals surface area contributed by atoms with E-state index in [1.807, 2.05) is 60.7 Å². The highest BCUT2D eigenvalue weighted by Gasteiger charge is 2.38. The highest BCUT2D eigenvalue weighted by molar-refractivity contribution is 6.38. The van der Waals surface area contributed by atoms with Gasteiger partial charge in [0.1, 0.15) is 11.7 Å². The van der Waals surface area contributed by atoms with Gasteiger partial charge >= 0.3 is 0 Å². The molecule has 0 aliphatic heterocycles. The van der Waals surface area contributed by atoms with Crippen molar-refractivity contribution in [3.05, 3.63) is 71.9 Å². The minimum Gasteiger partial charge on any atom is -0.351 e. The molecule has 2 aromatic carbocycles. The van der Waals surface area contributed by atoms with Crippen LogP contribution in [0.5, 0.6) is 0 Å². The summed E-state index contributed by atoms with van der Waals surface area (Å²) in [5, 5.41) is 6.29. The summed E-state index contributed by atoms with van der Waals surface area (Å²) >= 11 is 0. The SMILES string of the molecule is CCC(NC(=O)[C@H](C)N(C(=O)c1cc2ccccc2[nH]1)[C@@H]1CCC(C)C1)C(=O)C(=O)NCc1ccccc1. The quantitative estimate of drug-likeness (QED) is 0.354. The van der Waals surface area contributed by atoms with E-state index in [1.54, 1.807) is 18.7 Å². The van der Waals surface area contributed by atoms with E-state index < -0.39 is 29.7 Å². The number of hydrogen-bond donors (Lipinski definition) is 3. The van der Waals surface area contributed by atoms with Crippen LogP contribution in [-0.2, 0) is 20.9 Å². The number of aromatic amines is 1. The lowest BCUT2D eigenvalue weighted by atomic mass is 10.1. The lowest BCUT2D eigenvalue weighted by Gasteiger charge is -2.34. The molecule has 0 radical (unpaired) electrons. The van der Waals surface area contributed by atoms with Crippen molar-refractivity contribution in [2.75, 3.05) is 0 Å². The molecule has 0 spiro atoms. The zero-order valence-electron chi connectivity index (χ0n) is 22.2. The van der Waals surface area contributed by atoms with Crippen LogP contribution in [0.15, 0.2) is 60.7 Å². The van der Waals surface area contributed by atoms with Gasteiger partial charge in [-0.25, -0.2) is 0 Å². The summed E-state index contributed by atoms with van der Waals surface area (Å²) < 4.78 is 0. The smallest absolute Gasteiger partial charge is 0.289 e. The lowest BCUT2D eigenvalue weighted by molar-refractivity contribution is -0.140. The van der Waals surface area contributed by atoms with Crippen molar-refractivity contribution in [3.63, 3.8) is 0 Å². The second-order valence-corrected chi connectivity index (χ2v) is 10.2. The lowest BCUT2D eigenvalue weighted by Crippen LogP contribution is -2.56. The molecule has 38 heavy (non-hydrogen) atoms. The van der Waals surface area contributed by atoms with Crippen LogP contribution in [0.1, 0.15) is 62.5 Å². The number of carbonyl (C=O) groups excluding carboxylic acids is 4. The zero-order chi connectivity index (χ0) is 27.2. The van der Waals surface area contributed by atoms with E-state index in [9.17, 15) is 19.2 Å². The van der Waals surface area contributed by atoms with E-state index in [0.717, 1.165) is 35.7 Å². The number of amides is 3. The zero-order valence-corrected chi connectivity index (χ0v) is 22.2. The van der Waals surface area contributed by atoms with Gasteiger partial charge in [0.2, 0.25) is 11.7 Å². The summed E-state index contributed by atoms with van der Waals surface area (Å²) in [5.74, 6) is -1.70. The predicted octanol–water partition coefficient (Wildman–Crippen LogP) is 3.97. The van der Waals surface area contributed by atoms with Crippen molar-refractivity contribution in [2.45, 2.75) is 71.1 Å². The molecule has 4 rings (SSSR count). The number of nitrogens with zero attached hydrogens (tertiary/aromatic N) is 1. The molecule has 4 atom stereocenters. The van der Waals surface area contributed by atoms with Crippen LogP contribution in [0.2, 0.25) is 0 Å². The maximum Gasteiger partial charge on any atom is 0.289 e. The van der Waals surface area contributed by atoms with Crippen LogP contribution in [0.3, 0.4) is 0 Å².